The third kappa shape index (κ3) is 3.33. The number of pyridine rings is 1. The molecule has 0 radical (unpaired) electrons. The first kappa shape index (κ1) is 18.7. The first-order valence-electron chi connectivity index (χ1n) is 10.1. The van der Waals surface area contributed by atoms with Gasteiger partial charge < -0.3 is 14.0 Å². The maximum Gasteiger partial charge on any atom is 0.137 e. The van der Waals surface area contributed by atoms with E-state index in [9.17, 15) is 0 Å². The number of methoxy groups -OCH3 is 1. The van der Waals surface area contributed by atoms with Crippen LogP contribution in [0.5, 0.6) is 5.75 Å². The van der Waals surface area contributed by atoms with Crippen molar-refractivity contribution in [2.24, 2.45) is 0 Å². The zero-order valence-electron chi connectivity index (χ0n) is 16.5. The van der Waals surface area contributed by atoms with E-state index >= 15 is 0 Å². The minimum atomic E-state index is 0.545. The minimum absolute atomic E-state index is 0.545. The molecule has 0 unspecified atom stereocenters. The predicted octanol–water partition coefficient (Wildman–Crippen LogP) is 4.73. The van der Waals surface area contributed by atoms with Crippen LogP contribution in [0.1, 0.15) is 6.42 Å². The Bertz CT molecular complexity index is 1180. The van der Waals surface area contributed by atoms with Crippen molar-refractivity contribution in [3.8, 4) is 5.75 Å². The number of benzene rings is 2. The Hall–Kier alpha value is -2.34. The second-order valence-electron chi connectivity index (χ2n) is 7.49. The molecule has 0 bridgehead atoms. The SMILES string of the molecule is COc1ccc2c(c1)c1nc(Cl)c3ccccc3c1n2CCCN1CCOCC1. The lowest BCUT2D eigenvalue weighted by Crippen LogP contribution is -2.37. The Balaban J connectivity index is 1.64. The number of fused-ring (bicyclic) bond motifs is 5. The highest BCUT2D eigenvalue weighted by Crippen LogP contribution is 2.37. The van der Waals surface area contributed by atoms with E-state index in [1.165, 1.54) is 5.52 Å². The summed E-state index contributed by atoms with van der Waals surface area (Å²) in [6.07, 6.45) is 1.07. The molecule has 0 aliphatic carbocycles. The van der Waals surface area contributed by atoms with Crippen LogP contribution in [0.3, 0.4) is 0 Å². The number of aromatic nitrogens is 2. The van der Waals surface area contributed by atoms with Crippen LogP contribution in [-0.4, -0.2) is 54.4 Å². The number of ether oxygens (including phenoxy) is 2. The Kier molecular flexibility index (Phi) is 5.04. The van der Waals surface area contributed by atoms with Gasteiger partial charge in [-0.05, 0) is 24.6 Å². The van der Waals surface area contributed by atoms with Crippen LogP contribution in [0, 0.1) is 0 Å². The molecule has 0 spiro atoms. The Morgan fingerprint density at radius 3 is 2.62 bits per heavy atom. The summed E-state index contributed by atoms with van der Waals surface area (Å²) >= 11 is 6.56. The molecule has 1 fully saturated rings. The summed E-state index contributed by atoms with van der Waals surface area (Å²) in [6.45, 7) is 5.70. The van der Waals surface area contributed by atoms with Crippen LogP contribution in [0.4, 0.5) is 0 Å². The van der Waals surface area contributed by atoms with Gasteiger partial charge in [-0.25, -0.2) is 4.98 Å². The van der Waals surface area contributed by atoms with Gasteiger partial charge >= 0.3 is 0 Å². The van der Waals surface area contributed by atoms with Gasteiger partial charge in [-0.1, -0.05) is 35.9 Å². The fourth-order valence-corrected chi connectivity index (χ4v) is 4.62. The monoisotopic (exact) mass is 409 g/mol. The predicted molar refractivity (Wildman–Crippen MR) is 118 cm³/mol. The summed E-state index contributed by atoms with van der Waals surface area (Å²) in [7, 11) is 1.69. The van der Waals surface area contributed by atoms with Gasteiger partial charge in [-0.15, -0.1) is 0 Å². The Morgan fingerprint density at radius 1 is 1.03 bits per heavy atom. The van der Waals surface area contributed by atoms with Crippen LogP contribution in [0.25, 0.3) is 32.7 Å². The maximum atomic E-state index is 6.56. The molecule has 1 aliphatic rings. The summed E-state index contributed by atoms with van der Waals surface area (Å²) in [5, 5.41) is 3.76. The number of hydrogen-bond acceptors (Lipinski definition) is 4. The first-order chi connectivity index (χ1) is 14.3. The number of nitrogens with zero attached hydrogens (tertiary/aromatic N) is 3. The second-order valence-corrected chi connectivity index (χ2v) is 7.85. The lowest BCUT2D eigenvalue weighted by Gasteiger charge is -2.26. The molecule has 6 heteroatoms. The van der Waals surface area contributed by atoms with E-state index in [-0.39, 0.29) is 0 Å². The zero-order chi connectivity index (χ0) is 19.8. The highest BCUT2D eigenvalue weighted by molar-refractivity contribution is 6.36. The Labute approximate surface area is 174 Å². The first-order valence-corrected chi connectivity index (χ1v) is 10.5. The van der Waals surface area contributed by atoms with Crippen molar-refractivity contribution in [1.82, 2.24) is 14.5 Å². The molecular formula is C23H24ClN3O2. The van der Waals surface area contributed by atoms with E-state index in [2.05, 4.69) is 33.7 Å². The molecule has 4 aromatic rings. The molecule has 0 amide bonds. The zero-order valence-corrected chi connectivity index (χ0v) is 17.3. The van der Waals surface area contributed by atoms with E-state index in [4.69, 9.17) is 26.1 Å². The van der Waals surface area contributed by atoms with Gasteiger partial charge in [0.15, 0.2) is 0 Å². The molecule has 2 aromatic carbocycles. The molecule has 2 aromatic heterocycles. The van der Waals surface area contributed by atoms with Gasteiger partial charge in [0.2, 0.25) is 0 Å². The van der Waals surface area contributed by atoms with Gasteiger partial charge in [0.05, 0.1) is 36.9 Å². The maximum absolute atomic E-state index is 6.56. The molecule has 29 heavy (non-hydrogen) atoms. The van der Waals surface area contributed by atoms with Crippen molar-refractivity contribution in [3.63, 3.8) is 0 Å². The summed E-state index contributed by atoms with van der Waals surface area (Å²) in [5.41, 5.74) is 3.26. The van der Waals surface area contributed by atoms with E-state index in [0.717, 1.165) is 78.8 Å². The molecular weight excluding hydrogens is 386 g/mol. The van der Waals surface area contributed by atoms with Crippen molar-refractivity contribution in [3.05, 3.63) is 47.6 Å². The summed E-state index contributed by atoms with van der Waals surface area (Å²) < 4.78 is 13.3. The average molecular weight is 410 g/mol. The molecule has 0 N–H and O–H groups in total. The highest BCUT2D eigenvalue weighted by Gasteiger charge is 2.18. The molecule has 0 saturated carbocycles. The summed E-state index contributed by atoms with van der Waals surface area (Å²) in [6, 6.07) is 14.5. The van der Waals surface area contributed by atoms with Gasteiger partial charge in [-0.3, -0.25) is 4.90 Å². The average Bonchev–Trinajstić information content (AvgIpc) is 3.07. The van der Waals surface area contributed by atoms with E-state index in [1.807, 2.05) is 18.2 Å². The molecule has 0 atom stereocenters. The molecule has 3 heterocycles. The topological polar surface area (TPSA) is 39.5 Å². The lowest BCUT2D eigenvalue weighted by atomic mass is 10.1. The molecule has 1 aliphatic heterocycles. The van der Waals surface area contributed by atoms with Crippen LogP contribution in [0.15, 0.2) is 42.5 Å². The van der Waals surface area contributed by atoms with Crippen LogP contribution in [-0.2, 0) is 11.3 Å². The van der Waals surface area contributed by atoms with Crippen molar-refractivity contribution in [2.45, 2.75) is 13.0 Å². The summed E-state index contributed by atoms with van der Waals surface area (Å²) in [4.78, 5) is 7.27. The van der Waals surface area contributed by atoms with Gasteiger partial charge in [0.1, 0.15) is 10.9 Å². The molecule has 150 valence electrons. The summed E-state index contributed by atoms with van der Waals surface area (Å²) in [5.74, 6) is 0.830. The van der Waals surface area contributed by atoms with Crippen LogP contribution >= 0.6 is 11.6 Å². The number of halogens is 1. The number of morpholine rings is 1. The van der Waals surface area contributed by atoms with E-state index in [0.29, 0.717) is 5.15 Å². The van der Waals surface area contributed by atoms with Gasteiger partial charge in [0.25, 0.3) is 0 Å². The van der Waals surface area contributed by atoms with Crippen LogP contribution < -0.4 is 4.74 Å². The molecule has 5 rings (SSSR count). The van der Waals surface area contributed by atoms with Crippen molar-refractivity contribution >= 4 is 44.3 Å². The third-order valence-corrected chi connectivity index (χ3v) is 6.11. The number of aryl methyl sites for hydroxylation is 1. The third-order valence-electron chi connectivity index (χ3n) is 5.82. The fraction of sp³-hybridized carbons (Fsp3) is 0.348. The van der Waals surface area contributed by atoms with E-state index in [1.54, 1.807) is 7.11 Å². The lowest BCUT2D eigenvalue weighted by molar-refractivity contribution is 0.0370. The Morgan fingerprint density at radius 2 is 1.83 bits per heavy atom. The van der Waals surface area contributed by atoms with Crippen LogP contribution in [0.2, 0.25) is 5.15 Å². The highest BCUT2D eigenvalue weighted by atomic mass is 35.5. The normalized spacial score (nSPS) is 15.5. The van der Waals surface area contributed by atoms with Crippen molar-refractivity contribution < 1.29 is 9.47 Å². The second kappa shape index (κ2) is 7.82. The quantitative estimate of drug-likeness (QED) is 0.447. The standard InChI is InChI=1S/C23H24ClN3O2/c1-28-16-7-8-20-19(15-16)21-22(17-5-2-3-6-18(17)23(24)25-21)27(20)10-4-9-26-11-13-29-14-12-26/h2-3,5-8,15H,4,9-14H2,1H3. The number of hydrogen-bond donors (Lipinski definition) is 0. The molecule has 1 saturated heterocycles. The van der Waals surface area contributed by atoms with Gasteiger partial charge in [-0.2, -0.15) is 0 Å². The van der Waals surface area contributed by atoms with Gasteiger partial charge in [0, 0.05) is 42.3 Å². The minimum Gasteiger partial charge on any atom is -0.497 e. The number of rotatable bonds is 5. The van der Waals surface area contributed by atoms with E-state index < -0.39 is 0 Å². The fourth-order valence-electron chi connectivity index (χ4n) is 4.37. The van der Waals surface area contributed by atoms with Crippen molar-refractivity contribution in [1.29, 1.82) is 0 Å². The van der Waals surface area contributed by atoms with Crippen molar-refractivity contribution in [2.75, 3.05) is 40.0 Å². The largest absolute Gasteiger partial charge is 0.497 e. The molecule has 5 nitrogen and oxygen atoms in total. The smallest absolute Gasteiger partial charge is 0.137 e.